The van der Waals surface area contributed by atoms with E-state index in [0.29, 0.717) is 17.5 Å². The molecule has 6 heteroatoms. The summed E-state index contributed by atoms with van der Waals surface area (Å²) in [6.07, 6.45) is 3.87. The molecule has 2 aromatic heterocycles. The number of benzene rings is 1. The van der Waals surface area contributed by atoms with Crippen molar-refractivity contribution in [2.24, 2.45) is 0 Å². The van der Waals surface area contributed by atoms with Crippen LogP contribution in [-0.2, 0) is 17.8 Å². The first-order valence-electron chi connectivity index (χ1n) is 6.74. The minimum Gasteiger partial charge on any atom is -0.480 e. The van der Waals surface area contributed by atoms with Crippen LogP contribution in [0.2, 0.25) is 0 Å². The molecular formula is C16H13N3O3. The predicted molar refractivity (Wildman–Crippen MR) is 80.7 cm³/mol. The van der Waals surface area contributed by atoms with Crippen molar-refractivity contribution in [3.63, 3.8) is 0 Å². The number of hydrogen-bond donors (Lipinski definition) is 1. The topological polar surface area (TPSA) is 85.1 Å². The van der Waals surface area contributed by atoms with Crippen LogP contribution in [0.1, 0.15) is 11.3 Å². The zero-order chi connectivity index (χ0) is 15.5. The summed E-state index contributed by atoms with van der Waals surface area (Å²) in [5, 5.41) is 14.4. The minimum atomic E-state index is -1.10. The third kappa shape index (κ3) is 2.71. The van der Waals surface area contributed by atoms with Crippen molar-refractivity contribution in [2.45, 2.75) is 13.0 Å². The van der Waals surface area contributed by atoms with Gasteiger partial charge in [-0.2, -0.15) is 5.10 Å². The second-order valence-corrected chi connectivity index (χ2v) is 4.88. The number of aromatic nitrogens is 3. The molecule has 0 spiro atoms. The second-order valence-electron chi connectivity index (χ2n) is 4.88. The third-order valence-corrected chi connectivity index (χ3v) is 3.35. The van der Waals surface area contributed by atoms with E-state index in [-0.39, 0.29) is 0 Å². The van der Waals surface area contributed by atoms with E-state index in [2.05, 4.69) is 10.1 Å². The smallest absolute Gasteiger partial charge is 0.325 e. The van der Waals surface area contributed by atoms with Gasteiger partial charge in [0.25, 0.3) is 5.56 Å². The number of fused-ring (bicyclic) bond motifs is 1. The molecule has 0 amide bonds. The van der Waals surface area contributed by atoms with E-state index in [0.717, 1.165) is 15.6 Å². The van der Waals surface area contributed by atoms with Crippen molar-refractivity contribution >= 4 is 16.7 Å². The summed E-state index contributed by atoms with van der Waals surface area (Å²) in [6.45, 7) is -0.451. The molecule has 0 aliphatic carbocycles. The van der Waals surface area contributed by atoms with Crippen LogP contribution < -0.4 is 5.56 Å². The molecule has 110 valence electrons. The van der Waals surface area contributed by atoms with Crippen LogP contribution in [0.25, 0.3) is 10.8 Å². The number of nitrogens with zero attached hydrogens (tertiary/aromatic N) is 3. The zero-order valence-corrected chi connectivity index (χ0v) is 11.6. The van der Waals surface area contributed by atoms with Gasteiger partial charge < -0.3 is 5.11 Å². The summed E-state index contributed by atoms with van der Waals surface area (Å²) in [5.41, 5.74) is 1.27. The SMILES string of the molecule is O=C(O)Cn1nc(Cc2ccncc2)c2ccccc2c1=O. The van der Waals surface area contributed by atoms with Crippen LogP contribution in [0, 0.1) is 0 Å². The summed E-state index contributed by atoms with van der Waals surface area (Å²) < 4.78 is 1.00. The maximum Gasteiger partial charge on any atom is 0.325 e. The molecule has 2 heterocycles. The molecule has 0 atom stereocenters. The molecule has 0 aliphatic heterocycles. The van der Waals surface area contributed by atoms with Crippen LogP contribution in [-0.4, -0.2) is 25.8 Å². The average molecular weight is 295 g/mol. The van der Waals surface area contributed by atoms with Gasteiger partial charge in [-0.3, -0.25) is 14.6 Å². The average Bonchev–Trinajstić information content (AvgIpc) is 2.52. The Bertz CT molecular complexity index is 888. The Hall–Kier alpha value is -3.02. The number of hydrogen-bond acceptors (Lipinski definition) is 4. The quantitative estimate of drug-likeness (QED) is 0.787. The molecule has 1 aromatic carbocycles. The van der Waals surface area contributed by atoms with Gasteiger partial charge in [-0.25, -0.2) is 4.68 Å². The van der Waals surface area contributed by atoms with Crippen LogP contribution in [0.4, 0.5) is 0 Å². The van der Waals surface area contributed by atoms with E-state index in [9.17, 15) is 9.59 Å². The number of carboxylic acids is 1. The first-order valence-corrected chi connectivity index (χ1v) is 6.74. The largest absolute Gasteiger partial charge is 0.480 e. The van der Waals surface area contributed by atoms with Crippen molar-refractivity contribution < 1.29 is 9.90 Å². The Morgan fingerprint density at radius 2 is 1.77 bits per heavy atom. The van der Waals surface area contributed by atoms with Crippen LogP contribution in [0.15, 0.2) is 53.6 Å². The normalized spacial score (nSPS) is 10.7. The Morgan fingerprint density at radius 1 is 1.09 bits per heavy atom. The molecule has 0 fully saturated rings. The highest BCUT2D eigenvalue weighted by atomic mass is 16.4. The number of carboxylic acid groups (broad SMARTS) is 1. The summed E-state index contributed by atoms with van der Waals surface area (Å²) in [7, 11) is 0. The second kappa shape index (κ2) is 5.77. The summed E-state index contributed by atoms with van der Waals surface area (Å²) in [5.74, 6) is -1.10. The fourth-order valence-corrected chi connectivity index (χ4v) is 2.37. The number of rotatable bonds is 4. The van der Waals surface area contributed by atoms with Gasteiger partial charge in [0.2, 0.25) is 0 Å². The van der Waals surface area contributed by atoms with E-state index < -0.39 is 18.1 Å². The lowest BCUT2D eigenvalue weighted by atomic mass is 10.1. The highest BCUT2D eigenvalue weighted by Crippen LogP contribution is 2.16. The molecule has 0 saturated heterocycles. The summed E-state index contributed by atoms with van der Waals surface area (Å²) in [6, 6.07) is 10.8. The Labute approximate surface area is 125 Å². The van der Waals surface area contributed by atoms with Gasteiger partial charge in [0, 0.05) is 24.2 Å². The number of carbonyl (C=O) groups is 1. The highest BCUT2D eigenvalue weighted by Gasteiger charge is 2.12. The lowest BCUT2D eigenvalue weighted by molar-refractivity contribution is -0.138. The molecule has 1 N–H and O–H groups in total. The third-order valence-electron chi connectivity index (χ3n) is 3.35. The molecule has 22 heavy (non-hydrogen) atoms. The van der Waals surface area contributed by atoms with Gasteiger partial charge in [-0.1, -0.05) is 18.2 Å². The molecule has 3 aromatic rings. The first-order chi connectivity index (χ1) is 10.6. The van der Waals surface area contributed by atoms with Gasteiger partial charge in [0.15, 0.2) is 0 Å². The van der Waals surface area contributed by atoms with Crippen molar-refractivity contribution in [3.8, 4) is 0 Å². The van der Waals surface area contributed by atoms with Gasteiger partial charge in [0.05, 0.1) is 11.1 Å². The monoisotopic (exact) mass is 295 g/mol. The molecule has 3 rings (SSSR count). The number of aliphatic carboxylic acids is 1. The zero-order valence-electron chi connectivity index (χ0n) is 11.6. The highest BCUT2D eigenvalue weighted by molar-refractivity contribution is 5.84. The van der Waals surface area contributed by atoms with Gasteiger partial charge >= 0.3 is 5.97 Å². The summed E-state index contributed by atoms with van der Waals surface area (Å²) in [4.78, 5) is 27.2. The lowest BCUT2D eigenvalue weighted by Crippen LogP contribution is -2.28. The van der Waals surface area contributed by atoms with Gasteiger partial charge in [0.1, 0.15) is 6.54 Å². The molecule has 0 bridgehead atoms. The molecule has 0 saturated carbocycles. The van der Waals surface area contributed by atoms with E-state index in [4.69, 9.17) is 5.11 Å². The van der Waals surface area contributed by atoms with E-state index in [1.165, 1.54) is 0 Å². The van der Waals surface area contributed by atoms with E-state index in [1.807, 2.05) is 24.3 Å². The molecule has 6 nitrogen and oxygen atoms in total. The Kier molecular flexibility index (Phi) is 3.65. The summed E-state index contributed by atoms with van der Waals surface area (Å²) >= 11 is 0. The van der Waals surface area contributed by atoms with Crippen LogP contribution in [0.3, 0.4) is 0 Å². The fraction of sp³-hybridized carbons (Fsp3) is 0.125. The van der Waals surface area contributed by atoms with Crippen LogP contribution in [0.5, 0.6) is 0 Å². The maximum atomic E-state index is 12.3. The number of pyridine rings is 1. The predicted octanol–water partition coefficient (Wildman–Crippen LogP) is 1.47. The first kappa shape index (κ1) is 13.9. The molecular weight excluding hydrogens is 282 g/mol. The van der Waals surface area contributed by atoms with Crippen molar-refractivity contribution in [1.82, 2.24) is 14.8 Å². The van der Waals surface area contributed by atoms with Gasteiger partial charge in [-0.05, 0) is 23.8 Å². The van der Waals surface area contributed by atoms with E-state index in [1.54, 1.807) is 24.5 Å². The molecule has 0 radical (unpaired) electrons. The van der Waals surface area contributed by atoms with Crippen LogP contribution >= 0.6 is 0 Å². The van der Waals surface area contributed by atoms with Crippen molar-refractivity contribution in [1.29, 1.82) is 0 Å². The fourth-order valence-electron chi connectivity index (χ4n) is 2.37. The molecule has 0 aliphatic rings. The Morgan fingerprint density at radius 3 is 2.45 bits per heavy atom. The maximum absolute atomic E-state index is 12.3. The molecule has 0 unspecified atom stereocenters. The van der Waals surface area contributed by atoms with Crippen molar-refractivity contribution in [2.75, 3.05) is 0 Å². The lowest BCUT2D eigenvalue weighted by Gasteiger charge is -2.09. The van der Waals surface area contributed by atoms with E-state index >= 15 is 0 Å². The standard InChI is InChI=1S/C16H13N3O3/c20-15(21)10-19-16(22)13-4-2-1-3-12(13)14(18-19)9-11-5-7-17-8-6-11/h1-8H,9-10H2,(H,20,21). The Balaban J connectivity index is 2.17. The minimum absolute atomic E-state index is 0.392. The van der Waals surface area contributed by atoms with Crippen molar-refractivity contribution in [3.05, 3.63) is 70.4 Å². The van der Waals surface area contributed by atoms with Gasteiger partial charge in [-0.15, -0.1) is 0 Å².